The highest BCUT2D eigenvalue weighted by Gasteiger charge is 2.57. The van der Waals surface area contributed by atoms with Crippen LogP contribution in [0.1, 0.15) is 157 Å². The number of carbonyl (C=O) groups is 5. The van der Waals surface area contributed by atoms with Gasteiger partial charge in [0.05, 0.1) is 45.5 Å². The molecule has 4 amide bonds. The summed E-state index contributed by atoms with van der Waals surface area (Å²) in [5.41, 5.74) is 60.9. The van der Waals surface area contributed by atoms with Crippen LogP contribution in [0, 0.1) is 22.2 Å². The maximum absolute atomic E-state index is 13.7. The minimum absolute atomic E-state index is 0.0210. The van der Waals surface area contributed by atoms with Crippen LogP contribution >= 0.6 is 0 Å². The van der Waals surface area contributed by atoms with Gasteiger partial charge in [0, 0.05) is 19.0 Å². The minimum atomic E-state index is -0.931. The number of ether oxygens (including phenoxy) is 2. The van der Waals surface area contributed by atoms with Crippen molar-refractivity contribution in [3.63, 3.8) is 0 Å². The topological polar surface area (TPSA) is 311 Å². The molecule has 2 saturated heterocycles. The molecule has 2 aliphatic heterocycles. The van der Waals surface area contributed by atoms with Gasteiger partial charge in [0.1, 0.15) is 23.3 Å². The SMILES string of the molecule is CC(C)(C)OC(=O)N1CC2(CC2)C[C@H]1C(=O)Nc1ccc(-c2cc3ccc2CCc2ccc(c(-c4ccc(NC(=O)[C@H]5CCC6(CC6)C5)c(N)c4)c2)CC3)cc1N.CC(C)(C)OC(=O)N1CC2(CC2)C[C@H]1C(=O)O.Nc1ccc(-c2cc3ccc2CCc2ccc(c(-c4ccc(N)c(N)c4)c2)CC3)cc1N. The van der Waals surface area contributed by atoms with Crippen molar-refractivity contribution >= 4 is 75.5 Å². The molecule has 8 aromatic carbocycles. The van der Waals surface area contributed by atoms with Gasteiger partial charge in [-0.05, 0) is 317 Å². The smallest absolute Gasteiger partial charge is 0.411 e. The second-order valence-corrected chi connectivity index (χ2v) is 33.7. The number of carboxylic acid groups (broad SMARTS) is 1. The predicted molar refractivity (Wildman–Crippen MR) is 424 cm³/mol. The maximum Gasteiger partial charge on any atom is 0.411 e. The Morgan fingerprint density at radius 2 is 0.726 bits per heavy atom. The van der Waals surface area contributed by atoms with E-state index in [0.29, 0.717) is 76.8 Å². The summed E-state index contributed by atoms with van der Waals surface area (Å²) in [6.07, 6.45) is 17.2. The molecule has 12 aliphatic carbocycles. The van der Waals surface area contributed by atoms with Gasteiger partial charge in [-0.1, -0.05) is 97.1 Å². The molecule has 6 fully saturated rings. The molecule has 0 radical (unpaired) electrons. The zero-order chi connectivity index (χ0) is 74.8. The lowest BCUT2D eigenvalue weighted by Gasteiger charge is -2.28. The van der Waals surface area contributed by atoms with Crippen molar-refractivity contribution < 1.29 is 38.6 Å². The van der Waals surface area contributed by atoms with Crippen molar-refractivity contribution in [2.24, 2.45) is 22.2 Å². The number of nitrogen functional groups attached to an aromatic ring is 6. The van der Waals surface area contributed by atoms with Gasteiger partial charge in [-0.2, -0.15) is 0 Å². The summed E-state index contributed by atoms with van der Waals surface area (Å²) < 4.78 is 10.9. The third-order valence-corrected chi connectivity index (χ3v) is 23.3. The standard InChI is InChI=1S/C48H55N5O4.C28H28N4.C12H19NO4/c1-46(2,3)57-45(56)53-28-48(20-21-48)27-42(53)44(55)52-41-15-13-34(25-39(41)50)37-23-30-5-9-31-8-4-29(6-10-32(37)11-7-30)22-36(31)33-12-14-40(38(49)24-33)51-43(54)35-16-17-47(26-35)18-19-47;29-25-11-9-21(15-27(25)31)23-13-17-1-5-19(23)8-4-18-2-6-20(7-3-17)24(14-18)22-10-12-26(30)28(32)16-22;1-11(2,3)17-10(16)13-7-12(4-5-12)6-8(13)9(14)15/h4,7-8,11-15,22-25,35,42H,5-6,9-10,16-21,26-28,49-50H2,1-3H3,(H,51,54)(H,52,55);1-2,5-6,9-16H,3-4,7-8,29-32H2;8H,4-7H2,1-3H3,(H,14,15)/t35-,42-;;8-/m0.0/s1. The molecule has 0 unspecified atom stereocenters. The van der Waals surface area contributed by atoms with Gasteiger partial charge in [-0.25, -0.2) is 14.4 Å². The maximum atomic E-state index is 13.7. The van der Waals surface area contributed by atoms with E-state index in [1.165, 1.54) is 85.4 Å². The molecule has 552 valence electrons. The lowest BCUT2D eigenvalue weighted by atomic mass is 9.87. The zero-order valence-electron chi connectivity index (χ0n) is 62.1. The fourth-order valence-corrected chi connectivity index (χ4v) is 16.5. The number of hydrogen-bond donors (Lipinski definition) is 9. The molecule has 18 nitrogen and oxygen atoms in total. The Labute approximate surface area is 622 Å². The Hall–Kier alpha value is -10.5. The van der Waals surface area contributed by atoms with Crippen LogP contribution < -0.4 is 45.0 Å². The van der Waals surface area contributed by atoms with Crippen molar-refractivity contribution in [2.75, 3.05) is 58.1 Å². The molecule has 106 heavy (non-hydrogen) atoms. The second kappa shape index (κ2) is 28.4. The zero-order valence-corrected chi connectivity index (χ0v) is 62.1. The number of likely N-dealkylation sites (tertiary alicyclic amines) is 2. The number of nitrogens with one attached hydrogen (secondary N) is 2. The third-order valence-electron chi connectivity index (χ3n) is 23.3. The molecular formula is C88H102N10O8. The second-order valence-electron chi connectivity index (χ2n) is 33.7. The largest absolute Gasteiger partial charge is 0.480 e. The Balaban J connectivity index is 0.000000160. The van der Waals surface area contributed by atoms with Gasteiger partial charge in [0.15, 0.2) is 0 Å². The molecule has 3 spiro atoms. The number of rotatable bonds is 9. The third kappa shape index (κ3) is 16.3. The highest BCUT2D eigenvalue weighted by Crippen LogP contribution is 2.60. The van der Waals surface area contributed by atoms with Crippen molar-refractivity contribution in [1.82, 2.24) is 9.80 Å². The molecule has 15 N–H and O–H groups in total. The summed E-state index contributed by atoms with van der Waals surface area (Å²) in [6.45, 7) is 11.9. The molecular weight excluding hydrogens is 1330 g/mol. The fraction of sp³-hybridized carbons (Fsp3) is 0.398. The normalized spacial score (nSPS) is 19.5. The number of amides is 4. The Morgan fingerprint density at radius 3 is 1.06 bits per heavy atom. The lowest BCUT2D eigenvalue weighted by molar-refractivity contribution is -0.142. The molecule has 8 aromatic rings. The molecule has 22 rings (SSSR count). The number of nitrogens with two attached hydrogens (primary N) is 6. The van der Waals surface area contributed by atoms with E-state index in [-0.39, 0.29) is 28.6 Å². The van der Waals surface area contributed by atoms with E-state index in [2.05, 4.69) is 102 Å². The van der Waals surface area contributed by atoms with Gasteiger partial charge in [-0.3, -0.25) is 19.4 Å². The summed E-state index contributed by atoms with van der Waals surface area (Å²) in [6, 6.07) is 49.8. The van der Waals surface area contributed by atoms with E-state index in [1.807, 2.05) is 75.4 Å². The van der Waals surface area contributed by atoms with Gasteiger partial charge >= 0.3 is 18.2 Å². The van der Waals surface area contributed by atoms with Crippen LogP contribution in [0.2, 0.25) is 0 Å². The van der Waals surface area contributed by atoms with E-state index in [9.17, 15) is 24.0 Å². The van der Waals surface area contributed by atoms with Crippen LogP contribution in [0.3, 0.4) is 0 Å². The first-order chi connectivity index (χ1) is 50.4. The number of benzene rings is 8. The van der Waals surface area contributed by atoms with E-state index < -0.39 is 41.4 Å². The summed E-state index contributed by atoms with van der Waals surface area (Å²) in [5, 5.41) is 15.3. The molecule has 14 aliphatic rings. The summed E-state index contributed by atoms with van der Waals surface area (Å²) >= 11 is 0. The van der Waals surface area contributed by atoms with Crippen LogP contribution in [0.5, 0.6) is 0 Å². The minimum Gasteiger partial charge on any atom is -0.480 e. The summed E-state index contributed by atoms with van der Waals surface area (Å²) in [7, 11) is 0. The number of anilines is 8. The van der Waals surface area contributed by atoms with Gasteiger partial charge < -0.3 is 59.6 Å². The first-order valence-electron chi connectivity index (χ1n) is 37.9. The number of carbonyl (C=O) groups excluding carboxylic acids is 4. The monoisotopic (exact) mass is 1430 g/mol. The first kappa shape index (κ1) is 72.5. The molecule has 0 aromatic heterocycles. The highest BCUT2D eigenvalue weighted by molar-refractivity contribution is 6.00. The van der Waals surface area contributed by atoms with Crippen molar-refractivity contribution in [3.05, 3.63) is 190 Å². The number of hydrogen-bond acceptors (Lipinski definition) is 13. The number of aliphatic carboxylic acids is 1. The van der Waals surface area contributed by atoms with E-state index >= 15 is 0 Å². The average molecular weight is 1430 g/mol. The fourth-order valence-electron chi connectivity index (χ4n) is 16.5. The van der Waals surface area contributed by atoms with E-state index in [1.54, 1.807) is 25.7 Å². The van der Waals surface area contributed by atoms with Crippen molar-refractivity contribution in [2.45, 2.75) is 187 Å². The van der Waals surface area contributed by atoms with E-state index in [0.717, 1.165) is 118 Å². The molecule has 8 bridgehead atoms. The lowest BCUT2D eigenvalue weighted by Crippen LogP contribution is -2.45. The van der Waals surface area contributed by atoms with Crippen LogP contribution in [-0.2, 0) is 75.2 Å². The first-order valence-corrected chi connectivity index (χ1v) is 37.9. The number of nitrogens with zero attached hydrogens (tertiary/aromatic N) is 2. The Bertz CT molecular complexity index is 4680. The van der Waals surface area contributed by atoms with Crippen LogP contribution in [0.25, 0.3) is 44.5 Å². The summed E-state index contributed by atoms with van der Waals surface area (Å²) in [5.74, 6) is -0.977. The average Bonchev–Trinajstić information content (AvgIpc) is 1.58. The predicted octanol–water partition coefficient (Wildman–Crippen LogP) is 16.4. The molecule has 18 heteroatoms. The molecule has 3 atom stereocenters. The van der Waals surface area contributed by atoms with Crippen LogP contribution in [-0.4, -0.2) is 81.3 Å². The van der Waals surface area contributed by atoms with E-state index in [4.69, 9.17) is 49.0 Å². The van der Waals surface area contributed by atoms with Gasteiger partial charge in [0.2, 0.25) is 11.8 Å². The Kier molecular flexibility index (Phi) is 19.4. The quantitative estimate of drug-likeness (QED) is 0.0607. The molecule has 4 saturated carbocycles. The van der Waals surface area contributed by atoms with Crippen molar-refractivity contribution in [1.29, 1.82) is 0 Å². The number of aryl methyl sites for hydroxylation is 8. The van der Waals surface area contributed by atoms with Gasteiger partial charge in [-0.15, -0.1) is 0 Å². The van der Waals surface area contributed by atoms with Gasteiger partial charge in [0.25, 0.3) is 0 Å². The molecule has 2 heterocycles. The summed E-state index contributed by atoms with van der Waals surface area (Å²) in [4.78, 5) is 66.0. The number of carboxylic acids is 1. The van der Waals surface area contributed by atoms with Crippen LogP contribution in [0.4, 0.5) is 55.1 Å². The Morgan fingerprint density at radius 1 is 0.387 bits per heavy atom. The van der Waals surface area contributed by atoms with Crippen molar-refractivity contribution in [3.8, 4) is 44.5 Å². The highest BCUT2D eigenvalue weighted by atomic mass is 16.6. The van der Waals surface area contributed by atoms with Crippen LogP contribution in [0.15, 0.2) is 146 Å².